The number of pyridine rings is 1. The van der Waals surface area contributed by atoms with Crippen LogP contribution < -0.4 is 10.2 Å². The third-order valence-electron chi connectivity index (χ3n) is 4.57. The fourth-order valence-corrected chi connectivity index (χ4v) is 3.28. The summed E-state index contributed by atoms with van der Waals surface area (Å²) in [5.74, 6) is -0.387. The molecular formula is C21H16F3N3O. The number of halogens is 3. The Morgan fingerprint density at radius 2 is 1.75 bits per heavy atom. The zero-order valence-corrected chi connectivity index (χ0v) is 14.9. The van der Waals surface area contributed by atoms with E-state index in [0.29, 0.717) is 16.9 Å². The number of aryl methyl sites for hydroxylation is 1. The van der Waals surface area contributed by atoms with E-state index in [2.05, 4.69) is 10.3 Å². The Labute approximate surface area is 159 Å². The van der Waals surface area contributed by atoms with Crippen molar-refractivity contribution in [3.63, 3.8) is 0 Å². The highest BCUT2D eigenvalue weighted by Gasteiger charge is 2.37. The van der Waals surface area contributed by atoms with Crippen LogP contribution in [-0.2, 0) is 6.18 Å². The standard InChI is InChI=1S/C21H16F3N3O/c1-13-6-4-11-18(25-13)19-26-17-10-3-2-9-16(17)20(28)27(19)15-8-5-7-14(12-15)21(22,23)24/h2-12,19,26H,1H3/t19-/m1/s1. The highest BCUT2D eigenvalue weighted by Crippen LogP contribution is 2.38. The van der Waals surface area contributed by atoms with Gasteiger partial charge in [-0.15, -0.1) is 0 Å². The molecule has 0 saturated carbocycles. The fourth-order valence-electron chi connectivity index (χ4n) is 3.28. The van der Waals surface area contributed by atoms with Gasteiger partial charge in [0.05, 0.1) is 16.8 Å². The number of aromatic nitrogens is 1. The molecule has 3 aromatic rings. The predicted octanol–water partition coefficient (Wildman–Crippen LogP) is 5.18. The van der Waals surface area contributed by atoms with Gasteiger partial charge < -0.3 is 5.32 Å². The smallest absolute Gasteiger partial charge is 0.359 e. The van der Waals surface area contributed by atoms with Crippen LogP contribution in [0.5, 0.6) is 0 Å². The molecule has 1 amide bonds. The van der Waals surface area contributed by atoms with E-state index >= 15 is 0 Å². The predicted molar refractivity (Wildman–Crippen MR) is 100 cm³/mol. The molecule has 0 aliphatic carbocycles. The first-order chi connectivity index (χ1) is 13.3. The van der Waals surface area contributed by atoms with Crippen molar-refractivity contribution in [3.8, 4) is 0 Å². The lowest BCUT2D eigenvalue weighted by atomic mass is 10.0. The Kier molecular flexibility index (Phi) is 4.30. The van der Waals surface area contributed by atoms with Crippen LogP contribution in [0.25, 0.3) is 0 Å². The Morgan fingerprint density at radius 1 is 1.00 bits per heavy atom. The van der Waals surface area contributed by atoms with Gasteiger partial charge in [0, 0.05) is 17.1 Å². The van der Waals surface area contributed by atoms with Crippen LogP contribution in [0.2, 0.25) is 0 Å². The topological polar surface area (TPSA) is 45.2 Å². The molecule has 4 rings (SSSR count). The molecule has 1 aliphatic rings. The highest BCUT2D eigenvalue weighted by molar-refractivity contribution is 6.12. The van der Waals surface area contributed by atoms with Crippen molar-refractivity contribution in [2.45, 2.75) is 19.3 Å². The molecule has 0 bridgehead atoms. The molecule has 2 heterocycles. The quantitative estimate of drug-likeness (QED) is 0.663. The number of benzene rings is 2. The van der Waals surface area contributed by atoms with Crippen molar-refractivity contribution in [1.82, 2.24) is 4.98 Å². The van der Waals surface area contributed by atoms with Crippen LogP contribution >= 0.6 is 0 Å². The summed E-state index contributed by atoms with van der Waals surface area (Å²) in [4.78, 5) is 19.0. The zero-order valence-electron chi connectivity index (χ0n) is 14.9. The molecule has 0 saturated heterocycles. The lowest BCUT2D eigenvalue weighted by Gasteiger charge is -2.37. The Morgan fingerprint density at radius 3 is 2.50 bits per heavy atom. The van der Waals surface area contributed by atoms with Gasteiger partial charge in [-0.3, -0.25) is 14.7 Å². The Bertz CT molecular complexity index is 1050. The summed E-state index contributed by atoms with van der Waals surface area (Å²) < 4.78 is 39.6. The monoisotopic (exact) mass is 383 g/mol. The molecule has 4 nitrogen and oxygen atoms in total. The second kappa shape index (κ2) is 6.67. The number of anilines is 2. The summed E-state index contributed by atoms with van der Waals surface area (Å²) in [6, 6.07) is 17.0. The zero-order chi connectivity index (χ0) is 19.9. The molecule has 1 aliphatic heterocycles. The number of hydrogen-bond acceptors (Lipinski definition) is 3. The number of amides is 1. The second-order valence-electron chi connectivity index (χ2n) is 6.52. The van der Waals surface area contributed by atoms with Crippen molar-refractivity contribution in [2.75, 3.05) is 10.2 Å². The number of rotatable bonds is 2. The normalized spacial score (nSPS) is 16.5. The molecule has 7 heteroatoms. The van der Waals surface area contributed by atoms with E-state index in [1.54, 1.807) is 36.4 Å². The third kappa shape index (κ3) is 3.19. The van der Waals surface area contributed by atoms with Gasteiger partial charge >= 0.3 is 6.18 Å². The maximum absolute atomic E-state index is 13.2. The fraction of sp³-hybridized carbons (Fsp3) is 0.143. The summed E-state index contributed by atoms with van der Waals surface area (Å²) in [6.45, 7) is 1.82. The molecule has 1 aromatic heterocycles. The van der Waals surface area contributed by atoms with Gasteiger partial charge in [-0.05, 0) is 49.4 Å². The van der Waals surface area contributed by atoms with Crippen LogP contribution in [0.1, 0.15) is 33.5 Å². The van der Waals surface area contributed by atoms with E-state index in [4.69, 9.17) is 0 Å². The molecule has 0 spiro atoms. The van der Waals surface area contributed by atoms with Crippen molar-refractivity contribution in [1.29, 1.82) is 0 Å². The summed E-state index contributed by atoms with van der Waals surface area (Å²) in [5, 5.41) is 3.24. The van der Waals surface area contributed by atoms with Crippen molar-refractivity contribution in [3.05, 3.63) is 89.2 Å². The van der Waals surface area contributed by atoms with Crippen LogP contribution in [0.15, 0.2) is 66.7 Å². The average molecular weight is 383 g/mol. The lowest BCUT2D eigenvalue weighted by molar-refractivity contribution is -0.137. The molecule has 0 radical (unpaired) electrons. The van der Waals surface area contributed by atoms with Gasteiger partial charge in [0.15, 0.2) is 6.17 Å². The number of fused-ring (bicyclic) bond motifs is 1. The van der Waals surface area contributed by atoms with Crippen molar-refractivity contribution in [2.24, 2.45) is 0 Å². The van der Waals surface area contributed by atoms with E-state index in [1.807, 2.05) is 13.0 Å². The third-order valence-corrected chi connectivity index (χ3v) is 4.57. The largest absolute Gasteiger partial charge is 0.416 e. The highest BCUT2D eigenvalue weighted by atomic mass is 19.4. The number of para-hydroxylation sites is 1. The van der Waals surface area contributed by atoms with Crippen LogP contribution in [-0.4, -0.2) is 10.9 Å². The number of nitrogens with one attached hydrogen (secondary N) is 1. The minimum atomic E-state index is -4.50. The molecule has 142 valence electrons. The van der Waals surface area contributed by atoms with Gasteiger partial charge in [0.25, 0.3) is 5.91 Å². The number of nitrogens with zero attached hydrogens (tertiary/aromatic N) is 2. The number of carbonyl (C=O) groups is 1. The second-order valence-corrected chi connectivity index (χ2v) is 6.52. The van der Waals surface area contributed by atoms with E-state index in [1.165, 1.54) is 17.0 Å². The summed E-state index contributed by atoms with van der Waals surface area (Å²) >= 11 is 0. The van der Waals surface area contributed by atoms with Gasteiger partial charge in [0.1, 0.15) is 0 Å². The number of hydrogen-bond donors (Lipinski definition) is 1. The van der Waals surface area contributed by atoms with Gasteiger partial charge in [-0.1, -0.05) is 24.3 Å². The average Bonchev–Trinajstić information content (AvgIpc) is 2.67. The summed E-state index contributed by atoms with van der Waals surface area (Å²) in [6.07, 6.45) is -5.23. The maximum Gasteiger partial charge on any atom is 0.416 e. The van der Waals surface area contributed by atoms with Gasteiger partial charge in [-0.25, -0.2) is 0 Å². The van der Waals surface area contributed by atoms with Gasteiger partial charge in [0.2, 0.25) is 0 Å². The first kappa shape index (κ1) is 18.0. The van der Waals surface area contributed by atoms with Crippen molar-refractivity contribution >= 4 is 17.3 Å². The summed E-state index contributed by atoms with van der Waals surface area (Å²) in [5.41, 5.74) is 1.63. The molecule has 1 atom stereocenters. The SMILES string of the molecule is Cc1cccc([C@@H]2Nc3ccccc3C(=O)N2c2cccc(C(F)(F)F)c2)n1. The van der Waals surface area contributed by atoms with Crippen LogP contribution in [0.3, 0.4) is 0 Å². The minimum absolute atomic E-state index is 0.148. The number of alkyl halides is 3. The van der Waals surface area contributed by atoms with Crippen molar-refractivity contribution < 1.29 is 18.0 Å². The Hall–Kier alpha value is -3.35. The van der Waals surface area contributed by atoms with E-state index in [9.17, 15) is 18.0 Å². The molecule has 2 aromatic carbocycles. The first-order valence-electron chi connectivity index (χ1n) is 8.64. The lowest BCUT2D eigenvalue weighted by Crippen LogP contribution is -2.43. The van der Waals surface area contributed by atoms with Gasteiger partial charge in [-0.2, -0.15) is 13.2 Å². The maximum atomic E-state index is 13.2. The van der Waals surface area contributed by atoms with E-state index in [0.717, 1.165) is 17.8 Å². The molecular weight excluding hydrogens is 367 g/mol. The first-order valence-corrected chi connectivity index (χ1v) is 8.64. The van der Waals surface area contributed by atoms with Crippen LogP contribution in [0, 0.1) is 6.92 Å². The van der Waals surface area contributed by atoms with E-state index < -0.39 is 17.9 Å². The molecule has 28 heavy (non-hydrogen) atoms. The van der Waals surface area contributed by atoms with Crippen LogP contribution in [0.4, 0.5) is 24.5 Å². The van der Waals surface area contributed by atoms with E-state index in [-0.39, 0.29) is 11.6 Å². The molecule has 1 N–H and O–H groups in total. The molecule has 0 fully saturated rings. The molecule has 0 unspecified atom stereocenters. The summed E-state index contributed by atoms with van der Waals surface area (Å²) in [7, 11) is 0. The number of carbonyl (C=O) groups excluding carboxylic acids is 1. The Balaban J connectivity index is 1.87. The minimum Gasteiger partial charge on any atom is -0.359 e.